The van der Waals surface area contributed by atoms with E-state index in [0.717, 1.165) is 0 Å². The number of carbonyl (C=O) groups is 4. The standard InChI is InChI=1S/C5H9NO4.C2H2O3/c6-3(5(9)10)1-2-4(7)8;3-1-2(4)5/h3H,1-2,6H2,(H,7,8)(H,9,10);1H,(H,4,5). The molecule has 1 atom stereocenters. The van der Waals surface area contributed by atoms with E-state index in [9.17, 15) is 9.59 Å². The fourth-order valence-corrected chi connectivity index (χ4v) is 0.402. The summed E-state index contributed by atoms with van der Waals surface area (Å²) in [5.41, 5.74) is 5.00. The molecule has 0 aromatic rings. The van der Waals surface area contributed by atoms with Crippen LogP contribution >= 0.6 is 0 Å². The highest BCUT2D eigenvalue weighted by atomic mass is 16.4. The van der Waals surface area contributed by atoms with Gasteiger partial charge in [-0.05, 0) is 6.42 Å². The van der Waals surface area contributed by atoms with Crippen LogP contribution in [0, 0.1) is 0 Å². The zero-order valence-electron chi connectivity index (χ0n) is 7.62. The molecule has 0 bridgehead atoms. The van der Waals surface area contributed by atoms with E-state index >= 15 is 0 Å². The summed E-state index contributed by atoms with van der Waals surface area (Å²) in [5.74, 6) is -3.62. The molecule has 0 fully saturated rings. The number of aldehydes is 1. The van der Waals surface area contributed by atoms with E-state index in [1.165, 1.54) is 0 Å². The zero-order valence-corrected chi connectivity index (χ0v) is 7.62. The highest BCUT2D eigenvalue weighted by Crippen LogP contribution is 1.93. The molecule has 0 aliphatic carbocycles. The Morgan fingerprint density at radius 3 is 1.80 bits per heavy atom. The summed E-state index contributed by atoms with van der Waals surface area (Å²) in [6.45, 7) is 0. The Balaban J connectivity index is 0. The predicted octanol–water partition coefficient (Wildman–Crippen LogP) is -1.47. The lowest BCUT2D eigenvalue weighted by molar-refractivity contribution is -0.143. The summed E-state index contributed by atoms with van der Waals surface area (Å²) in [6.07, 6.45) is -0.391. The second-order valence-electron chi connectivity index (χ2n) is 2.33. The fraction of sp³-hybridized carbons (Fsp3) is 0.429. The molecule has 0 saturated carbocycles. The predicted molar refractivity (Wildman–Crippen MR) is 46.2 cm³/mol. The summed E-state index contributed by atoms with van der Waals surface area (Å²) >= 11 is 0. The van der Waals surface area contributed by atoms with Crippen molar-refractivity contribution in [3.8, 4) is 0 Å². The average molecular weight is 221 g/mol. The first-order chi connectivity index (χ1) is 6.81. The topological polar surface area (TPSA) is 155 Å². The van der Waals surface area contributed by atoms with Crippen LogP contribution in [0.4, 0.5) is 0 Å². The van der Waals surface area contributed by atoms with E-state index < -0.39 is 23.9 Å². The minimum atomic E-state index is -1.43. The Hall–Kier alpha value is -1.96. The highest BCUT2D eigenvalue weighted by Gasteiger charge is 2.12. The van der Waals surface area contributed by atoms with Crippen LogP contribution in [0.25, 0.3) is 0 Å². The monoisotopic (exact) mass is 221 g/mol. The molecule has 0 rings (SSSR count). The smallest absolute Gasteiger partial charge is 0.368 e. The fourth-order valence-electron chi connectivity index (χ4n) is 0.402. The van der Waals surface area contributed by atoms with Crippen LogP contribution in [0.15, 0.2) is 0 Å². The van der Waals surface area contributed by atoms with E-state index in [1.807, 2.05) is 0 Å². The molecule has 5 N–H and O–H groups in total. The minimum Gasteiger partial charge on any atom is -0.481 e. The number of nitrogens with two attached hydrogens (primary N) is 1. The molecule has 86 valence electrons. The molecule has 0 saturated heterocycles. The summed E-state index contributed by atoms with van der Waals surface area (Å²) < 4.78 is 0. The Labute approximate surface area is 84.3 Å². The molecule has 0 amide bonds. The highest BCUT2D eigenvalue weighted by molar-refractivity contribution is 6.19. The Kier molecular flexibility index (Phi) is 8.92. The summed E-state index contributed by atoms with van der Waals surface area (Å²) in [5, 5.41) is 23.6. The number of carboxylic acid groups (broad SMARTS) is 3. The van der Waals surface area contributed by atoms with Crippen molar-refractivity contribution >= 4 is 24.2 Å². The van der Waals surface area contributed by atoms with Gasteiger partial charge in [-0.25, -0.2) is 4.79 Å². The molecule has 0 aromatic carbocycles. The Morgan fingerprint density at radius 2 is 1.60 bits per heavy atom. The van der Waals surface area contributed by atoms with Crippen LogP contribution in [0.1, 0.15) is 12.8 Å². The summed E-state index contributed by atoms with van der Waals surface area (Å²) in [6, 6.07) is -1.06. The van der Waals surface area contributed by atoms with Crippen molar-refractivity contribution in [2.24, 2.45) is 5.73 Å². The van der Waals surface area contributed by atoms with E-state index in [0.29, 0.717) is 0 Å². The van der Waals surface area contributed by atoms with Gasteiger partial charge in [0, 0.05) is 6.42 Å². The first kappa shape index (κ1) is 15.5. The molecule has 0 aliphatic rings. The third-order valence-electron chi connectivity index (χ3n) is 1.09. The number of carboxylic acids is 3. The quantitative estimate of drug-likeness (QED) is 0.324. The van der Waals surface area contributed by atoms with Crippen molar-refractivity contribution in [1.82, 2.24) is 0 Å². The van der Waals surface area contributed by atoms with Crippen LogP contribution in [-0.4, -0.2) is 45.6 Å². The number of rotatable bonds is 5. The van der Waals surface area contributed by atoms with Gasteiger partial charge in [-0.3, -0.25) is 14.4 Å². The minimum absolute atomic E-state index is 0.0231. The van der Waals surface area contributed by atoms with Crippen LogP contribution in [0.3, 0.4) is 0 Å². The summed E-state index contributed by atoms with van der Waals surface area (Å²) in [4.78, 5) is 37.8. The van der Waals surface area contributed by atoms with Crippen LogP contribution in [0.5, 0.6) is 0 Å². The maximum absolute atomic E-state index is 9.99. The number of carbonyl (C=O) groups excluding carboxylic acids is 1. The van der Waals surface area contributed by atoms with Gasteiger partial charge in [0.15, 0.2) is 0 Å². The van der Waals surface area contributed by atoms with Gasteiger partial charge < -0.3 is 21.1 Å². The molecule has 8 nitrogen and oxygen atoms in total. The third kappa shape index (κ3) is 14.9. The maximum atomic E-state index is 9.99. The molecule has 0 spiro atoms. The normalized spacial score (nSPS) is 10.5. The molecule has 0 heterocycles. The van der Waals surface area contributed by atoms with Gasteiger partial charge >= 0.3 is 17.9 Å². The van der Waals surface area contributed by atoms with Crippen molar-refractivity contribution < 1.29 is 34.5 Å². The first-order valence-electron chi connectivity index (χ1n) is 3.69. The first-order valence-corrected chi connectivity index (χ1v) is 3.69. The van der Waals surface area contributed by atoms with Crippen molar-refractivity contribution in [3.05, 3.63) is 0 Å². The molecular formula is C7H11NO7. The van der Waals surface area contributed by atoms with Gasteiger partial charge in [0.25, 0.3) is 0 Å². The van der Waals surface area contributed by atoms with Crippen molar-refractivity contribution in [2.45, 2.75) is 18.9 Å². The van der Waals surface area contributed by atoms with Gasteiger partial charge in [0.05, 0.1) is 0 Å². The average Bonchev–Trinajstić information content (AvgIpc) is 2.14. The number of hydrogen-bond donors (Lipinski definition) is 4. The molecule has 0 radical (unpaired) electrons. The second kappa shape index (κ2) is 8.63. The molecule has 0 aliphatic heterocycles. The lowest BCUT2D eigenvalue weighted by Crippen LogP contribution is -2.30. The van der Waals surface area contributed by atoms with Crippen LogP contribution in [-0.2, 0) is 19.2 Å². The molecule has 1 unspecified atom stereocenters. The van der Waals surface area contributed by atoms with Gasteiger partial charge in [-0.2, -0.15) is 0 Å². The van der Waals surface area contributed by atoms with E-state index in [1.54, 1.807) is 0 Å². The summed E-state index contributed by atoms with van der Waals surface area (Å²) in [7, 11) is 0. The third-order valence-corrected chi connectivity index (χ3v) is 1.09. The molecule has 0 aromatic heterocycles. The Morgan fingerprint density at radius 1 is 1.20 bits per heavy atom. The van der Waals surface area contributed by atoms with Gasteiger partial charge in [-0.15, -0.1) is 0 Å². The van der Waals surface area contributed by atoms with Crippen molar-refractivity contribution in [3.63, 3.8) is 0 Å². The van der Waals surface area contributed by atoms with Gasteiger partial charge in [-0.1, -0.05) is 0 Å². The Bertz CT molecular complexity index is 250. The van der Waals surface area contributed by atoms with Crippen LogP contribution in [0.2, 0.25) is 0 Å². The largest absolute Gasteiger partial charge is 0.481 e. The number of aliphatic carboxylic acids is 3. The van der Waals surface area contributed by atoms with Gasteiger partial charge in [0.2, 0.25) is 6.29 Å². The van der Waals surface area contributed by atoms with E-state index in [-0.39, 0.29) is 19.1 Å². The van der Waals surface area contributed by atoms with Crippen molar-refractivity contribution in [2.75, 3.05) is 0 Å². The van der Waals surface area contributed by atoms with E-state index in [2.05, 4.69) is 0 Å². The van der Waals surface area contributed by atoms with Crippen LogP contribution < -0.4 is 5.73 Å². The lowest BCUT2D eigenvalue weighted by Gasteiger charge is -2.01. The van der Waals surface area contributed by atoms with Gasteiger partial charge in [0.1, 0.15) is 6.04 Å². The molecule has 15 heavy (non-hydrogen) atoms. The maximum Gasteiger partial charge on any atom is 0.368 e. The molecule has 8 heteroatoms. The number of hydrogen-bond acceptors (Lipinski definition) is 5. The SMILES string of the molecule is NC(CCC(=O)O)C(=O)O.O=CC(=O)O. The van der Waals surface area contributed by atoms with E-state index in [4.69, 9.17) is 30.6 Å². The van der Waals surface area contributed by atoms with Crippen molar-refractivity contribution in [1.29, 1.82) is 0 Å². The zero-order chi connectivity index (χ0) is 12.4. The lowest BCUT2D eigenvalue weighted by atomic mass is 10.2. The second-order valence-corrected chi connectivity index (χ2v) is 2.33. The molecular weight excluding hydrogens is 210 g/mol.